The number of aliphatic hydroxyl groups excluding tert-OH is 1. The van der Waals surface area contributed by atoms with Gasteiger partial charge in [0.25, 0.3) is 0 Å². The van der Waals surface area contributed by atoms with Crippen LogP contribution in [0.3, 0.4) is 0 Å². The molecule has 236 valence electrons. The number of pyridine rings is 1. The van der Waals surface area contributed by atoms with Crippen LogP contribution in [0, 0.1) is 10.8 Å². The number of aliphatic hydroxyl groups is 1. The van der Waals surface area contributed by atoms with E-state index in [1.54, 1.807) is 24.3 Å². The molecule has 2 amide bonds. The number of quaternary nitrogens is 1. The molecule has 1 aliphatic rings. The number of aromatic nitrogens is 3. The van der Waals surface area contributed by atoms with E-state index in [-0.39, 0.29) is 30.2 Å². The lowest BCUT2D eigenvalue weighted by Crippen LogP contribution is -2.85. The van der Waals surface area contributed by atoms with E-state index in [4.69, 9.17) is 33.3 Å². The van der Waals surface area contributed by atoms with Crippen molar-refractivity contribution in [2.24, 2.45) is 5.41 Å². The smallest absolute Gasteiger partial charge is 0.323 e. The van der Waals surface area contributed by atoms with Crippen molar-refractivity contribution in [3.05, 3.63) is 93.9 Å². The first-order chi connectivity index (χ1) is 21.5. The van der Waals surface area contributed by atoms with Crippen LogP contribution in [0.5, 0.6) is 5.75 Å². The lowest BCUT2D eigenvalue weighted by Gasteiger charge is -2.32. The average molecular weight is 652 g/mol. The maximum Gasteiger partial charge on any atom is 0.323 e. The molecular formula is C33H38Cl2N7O3+. The molecule has 10 nitrogen and oxygen atoms in total. The summed E-state index contributed by atoms with van der Waals surface area (Å²) in [6.45, 7) is 6.49. The lowest BCUT2D eigenvalue weighted by atomic mass is 9.85. The standard InChI is InChI=1S/C33H37Cl2N7O3/c1-33(2,3)27(36)18-28(37-16-7-17-43)39-32(44)38-25-13-14-26(22-9-5-4-8-21(22)25)45-20-12-15-29-40-41-31(42(29)19-20)30-23(34)10-6-11-24(30)35/h4-6,8-12,15,18-19,25-26,36-37,43H,7,13-14,16-17H2,1-3H3,(H2,38,39,44)/p+1. The Morgan fingerprint density at radius 1 is 1.09 bits per heavy atom. The van der Waals surface area contributed by atoms with Crippen LogP contribution in [-0.2, 0) is 0 Å². The van der Waals surface area contributed by atoms with Crippen LogP contribution in [0.4, 0.5) is 4.79 Å². The molecule has 2 unspecified atom stereocenters. The summed E-state index contributed by atoms with van der Waals surface area (Å²) in [5.41, 5.74) is 3.23. The minimum Gasteiger partial charge on any atom is -0.484 e. The van der Waals surface area contributed by atoms with Crippen molar-refractivity contribution in [3.8, 4) is 17.1 Å². The van der Waals surface area contributed by atoms with Gasteiger partial charge in [0.05, 0.1) is 34.4 Å². The SMILES string of the molecule is CC(C)(C)C(=N)C=C(NC(=O)NC1CCC(Oc2ccc3nnc(-c4c(Cl)cccc4Cl)n3c2)c2ccccc21)[NH2+]CCCO. The first-order valence-electron chi connectivity index (χ1n) is 14.9. The Kier molecular flexibility index (Phi) is 10.1. The van der Waals surface area contributed by atoms with E-state index >= 15 is 0 Å². The maximum atomic E-state index is 13.2. The zero-order valence-electron chi connectivity index (χ0n) is 25.5. The summed E-state index contributed by atoms with van der Waals surface area (Å²) in [5, 5.41) is 35.1. The predicted molar refractivity (Wildman–Crippen MR) is 176 cm³/mol. The van der Waals surface area contributed by atoms with E-state index in [9.17, 15) is 9.90 Å². The molecule has 0 saturated carbocycles. The summed E-state index contributed by atoms with van der Waals surface area (Å²) in [5.74, 6) is 1.68. The van der Waals surface area contributed by atoms with Crippen LogP contribution in [0.2, 0.25) is 10.0 Å². The number of halogens is 2. The molecule has 0 saturated heterocycles. The fourth-order valence-electron chi connectivity index (χ4n) is 5.20. The largest absolute Gasteiger partial charge is 0.484 e. The Morgan fingerprint density at radius 2 is 1.82 bits per heavy atom. The number of nitrogens with zero attached hydrogens (tertiary/aromatic N) is 3. The number of hydrogen-bond donors (Lipinski definition) is 5. The van der Waals surface area contributed by atoms with E-state index in [2.05, 4.69) is 20.8 Å². The van der Waals surface area contributed by atoms with Gasteiger partial charge in [0, 0.05) is 30.2 Å². The third-order valence-electron chi connectivity index (χ3n) is 7.67. The molecule has 45 heavy (non-hydrogen) atoms. The average Bonchev–Trinajstić information content (AvgIpc) is 3.40. The minimum atomic E-state index is -0.367. The number of carbonyl (C=O) groups excluding carboxylic acids is 1. The predicted octanol–water partition coefficient (Wildman–Crippen LogP) is 5.81. The number of fused-ring (bicyclic) bond motifs is 2. The van der Waals surface area contributed by atoms with E-state index in [1.165, 1.54) is 0 Å². The van der Waals surface area contributed by atoms with Gasteiger partial charge in [-0.2, -0.15) is 0 Å². The van der Waals surface area contributed by atoms with Gasteiger partial charge >= 0.3 is 6.03 Å². The summed E-state index contributed by atoms with van der Waals surface area (Å²) in [4.78, 5) is 13.2. The van der Waals surface area contributed by atoms with E-state index in [0.717, 1.165) is 11.1 Å². The van der Waals surface area contributed by atoms with E-state index in [0.29, 0.717) is 70.2 Å². The molecule has 0 fully saturated rings. The zero-order chi connectivity index (χ0) is 32.1. The van der Waals surface area contributed by atoms with Crippen LogP contribution in [-0.4, -0.2) is 44.6 Å². The van der Waals surface area contributed by atoms with E-state index in [1.807, 2.05) is 73.1 Å². The molecule has 0 spiro atoms. The number of benzene rings is 2. The fraction of sp³-hybridized carbons (Fsp3) is 0.333. The quantitative estimate of drug-likeness (QED) is 0.109. The molecule has 2 aromatic carbocycles. The van der Waals surface area contributed by atoms with Gasteiger partial charge in [-0.3, -0.25) is 15.0 Å². The second-order valence-electron chi connectivity index (χ2n) is 12.0. The van der Waals surface area contributed by atoms with Crippen molar-refractivity contribution in [1.29, 1.82) is 5.41 Å². The molecule has 2 heterocycles. The van der Waals surface area contributed by atoms with Crippen LogP contribution in [0.25, 0.3) is 17.0 Å². The van der Waals surface area contributed by atoms with Gasteiger partial charge in [0.15, 0.2) is 11.5 Å². The van der Waals surface area contributed by atoms with Crippen molar-refractivity contribution in [1.82, 2.24) is 25.2 Å². The molecule has 0 aliphatic heterocycles. The lowest BCUT2D eigenvalue weighted by molar-refractivity contribution is -0.610. The van der Waals surface area contributed by atoms with Crippen molar-refractivity contribution in [2.75, 3.05) is 13.2 Å². The third-order valence-corrected chi connectivity index (χ3v) is 8.30. The molecule has 0 radical (unpaired) electrons. The number of nitrogens with two attached hydrogens (primary N) is 1. The highest BCUT2D eigenvalue weighted by molar-refractivity contribution is 6.39. The molecule has 0 bridgehead atoms. The van der Waals surface area contributed by atoms with Crippen molar-refractivity contribution < 1.29 is 20.0 Å². The van der Waals surface area contributed by atoms with Crippen LogP contribution < -0.4 is 20.7 Å². The normalized spacial score (nSPS) is 16.7. The first-order valence-corrected chi connectivity index (χ1v) is 15.7. The number of hydrogen-bond acceptors (Lipinski definition) is 6. The van der Waals surface area contributed by atoms with Gasteiger partial charge in [0.2, 0.25) is 5.82 Å². The Balaban J connectivity index is 1.33. The Bertz CT molecular complexity index is 1710. The summed E-state index contributed by atoms with van der Waals surface area (Å²) < 4.78 is 8.34. The number of nitrogens with one attached hydrogen (secondary N) is 3. The number of amides is 2. The van der Waals surface area contributed by atoms with Gasteiger partial charge in [-0.1, -0.05) is 74.3 Å². The van der Waals surface area contributed by atoms with Gasteiger partial charge in [-0.25, -0.2) is 4.79 Å². The van der Waals surface area contributed by atoms with Gasteiger partial charge in [-0.15, -0.1) is 10.2 Å². The van der Waals surface area contributed by atoms with E-state index < -0.39 is 0 Å². The van der Waals surface area contributed by atoms with Gasteiger partial charge in [0.1, 0.15) is 11.9 Å². The summed E-state index contributed by atoms with van der Waals surface area (Å²) >= 11 is 12.9. The molecule has 12 heteroatoms. The number of rotatable bonds is 10. The molecule has 2 aromatic heterocycles. The molecule has 1 aliphatic carbocycles. The number of urea groups is 1. The molecule has 4 aromatic rings. The topological polar surface area (TPSA) is 141 Å². The minimum absolute atomic E-state index is 0.0543. The summed E-state index contributed by atoms with van der Waals surface area (Å²) in [6, 6.07) is 16.4. The molecule has 6 N–H and O–H groups in total. The highest BCUT2D eigenvalue weighted by atomic mass is 35.5. The number of allylic oxidation sites excluding steroid dienone is 1. The summed E-state index contributed by atoms with van der Waals surface area (Å²) in [6.07, 6.45) is 5.17. The van der Waals surface area contributed by atoms with Crippen molar-refractivity contribution in [3.63, 3.8) is 0 Å². The number of carbonyl (C=O) groups is 1. The first kappa shape index (κ1) is 32.4. The Labute approximate surface area is 272 Å². The Morgan fingerprint density at radius 3 is 2.53 bits per heavy atom. The number of ether oxygens (including phenoxy) is 1. The van der Waals surface area contributed by atoms with Crippen LogP contribution >= 0.6 is 23.2 Å². The zero-order valence-corrected chi connectivity index (χ0v) is 27.0. The van der Waals surface area contributed by atoms with Gasteiger partial charge < -0.3 is 20.6 Å². The molecular weight excluding hydrogens is 613 g/mol. The monoisotopic (exact) mass is 650 g/mol. The molecule has 2 atom stereocenters. The fourth-order valence-corrected chi connectivity index (χ4v) is 5.77. The second kappa shape index (κ2) is 14.0. The third kappa shape index (κ3) is 7.65. The van der Waals surface area contributed by atoms with Gasteiger partial charge in [-0.05, 0) is 48.2 Å². The second-order valence-corrected chi connectivity index (χ2v) is 12.8. The maximum absolute atomic E-state index is 13.2. The summed E-state index contributed by atoms with van der Waals surface area (Å²) in [7, 11) is 0. The highest BCUT2D eigenvalue weighted by Gasteiger charge is 2.30. The van der Waals surface area contributed by atoms with Crippen molar-refractivity contribution in [2.45, 2.75) is 52.2 Å². The molecule has 5 rings (SSSR count). The Hall–Kier alpha value is -3.96. The van der Waals surface area contributed by atoms with Crippen LogP contribution in [0.1, 0.15) is 63.3 Å². The highest BCUT2D eigenvalue weighted by Crippen LogP contribution is 2.39. The van der Waals surface area contributed by atoms with Crippen molar-refractivity contribution >= 4 is 40.6 Å². The van der Waals surface area contributed by atoms with Crippen LogP contribution in [0.15, 0.2) is 72.7 Å².